The van der Waals surface area contributed by atoms with Crippen LogP contribution in [-0.2, 0) is 4.74 Å². The number of methoxy groups -OCH3 is 1. The van der Waals surface area contributed by atoms with Crippen molar-refractivity contribution in [3.63, 3.8) is 0 Å². The second-order valence-electron chi connectivity index (χ2n) is 7.03. The van der Waals surface area contributed by atoms with Crippen molar-refractivity contribution >= 4 is 11.7 Å². The van der Waals surface area contributed by atoms with E-state index < -0.39 is 0 Å². The van der Waals surface area contributed by atoms with E-state index in [1.54, 1.807) is 31.5 Å². The highest BCUT2D eigenvalue weighted by Crippen LogP contribution is 2.40. The summed E-state index contributed by atoms with van der Waals surface area (Å²) in [6, 6.07) is 10.9. The lowest BCUT2D eigenvalue weighted by Crippen LogP contribution is -2.45. The summed E-state index contributed by atoms with van der Waals surface area (Å²) in [6.07, 6.45) is 4.97. The molecule has 5 nitrogen and oxygen atoms in total. The number of ketones is 1. The first-order chi connectivity index (χ1) is 12.5. The van der Waals surface area contributed by atoms with Crippen LogP contribution in [0.2, 0.25) is 0 Å². The highest BCUT2D eigenvalue weighted by Gasteiger charge is 2.37. The van der Waals surface area contributed by atoms with E-state index in [1.807, 2.05) is 18.2 Å². The molecule has 5 heteroatoms. The minimum absolute atomic E-state index is 0.00576. The average Bonchev–Trinajstić information content (AvgIpc) is 2.63. The van der Waals surface area contributed by atoms with Crippen molar-refractivity contribution < 1.29 is 14.3 Å². The molecule has 0 atom stereocenters. The maximum atomic E-state index is 12.4. The van der Waals surface area contributed by atoms with Gasteiger partial charge in [-0.15, -0.1) is 0 Å². The molecule has 1 aliphatic carbocycles. The van der Waals surface area contributed by atoms with E-state index in [2.05, 4.69) is 10.3 Å². The monoisotopic (exact) mass is 352 g/mol. The number of carbonyl (C=O) groups is 2. The molecule has 0 aliphatic heterocycles. The van der Waals surface area contributed by atoms with Gasteiger partial charge in [0.25, 0.3) is 5.91 Å². The summed E-state index contributed by atoms with van der Waals surface area (Å²) < 4.78 is 5.30. The average molecular weight is 352 g/mol. The molecule has 1 aromatic carbocycles. The number of hydrogen-bond acceptors (Lipinski definition) is 4. The van der Waals surface area contributed by atoms with Crippen LogP contribution in [0.1, 0.15) is 46.9 Å². The van der Waals surface area contributed by atoms with E-state index in [1.165, 1.54) is 13.3 Å². The number of ether oxygens (including phenoxy) is 1. The number of hydrogen-bond donors (Lipinski definition) is 1. The zero-order valence-electron chi connectivity index (χ0n) is 15.2. The van der Waals surface area contributed by atoms with Crippen molar-refractivity contribution in [2.75, 3.05) is 20.3 Å². The molecule has 1 saturated carbocycles. The molecule has 0 spiro atoms. The van der Waals surface area contributed by atoms with Gasteiger partial charge < -0.3 is 10.1 Å². The zero-order chi connectivity index (χ0) is 18.6. The predicted octanol–water partition coefficient (Wildman–Crippen LogP) is 3.50. The van der Waals surface area contributed by atoms with Crippen LogP contribution in [0.4, 0.5) is 0 Å². The van der Waals surface area contributed by atoms with Crippen LogP contribution >= 0.6 is 0 Å². The first-order valence-corrected chi connectivity index (χ1v) is 8.88. The van der Waals surface area contributed by atoms with Crippen molar-refractivity contribution in [2.24, 2.45) is 5.41 Å². The van der Waals surface area contributed by atoms with Gasteiger partial charge in [0.2, 0.25) is 0 Å². The summed E-state index contributed by atoms with van der Waals surface area (Å²) in [7, 11) is 1.71. The molecule has 26 heavy (non-hydrogen) atoms. The highest BCUT2D eigenvalue weighted by molar-refractivity contribution is 5.95. The number of nitrogens with one attached hydrogen (secondary N) is 1. The molecular weight excluding hydrogens is 328 g/mol. The van der Waals surface area contributed by atoms with Crippen LogP contribution in [0.25, 0.3) is 11.3 Å². The second kappa shape index (κ2) is 7.79. The minimum Gasteiger partial charge on any atom is -0.384 e. The number of amides is 1. The molecule has 0 radical (unpaired) electrons. The van der Waals surface area contributed by atoms with Gasteiger partial charge in [0.1, 0.15) is 0 Å². The lowest BCUT2D eigenvalue weighted by Gasteiger charge is -2.41. The third-order valence-corrected chi connectivity index (χ3v) is 5.10. The van der Waals surface area contributed by atoms with Gasteiger partial charge in [-0.2, -0.15) is 0 Å². The van der Waals surface area contributed by atoms with Crippen molar-refractivity contribution in [2.45, 2.75) is 26.2 Å². The van der Waals surface area contributed by atoms with Gasteiger partial charge in [-0.25, -0.2) is 0 Å². The Bertz CT molecular complexity index is 778. The SMILES string of the molecule is COCC1(CNC(=O)c2ccc(-c3ccc(C(C)=O)cn3)cc2)CCC1. The Kier molecular flexibility index (Phi) is 5.47. The number of nitrogens with zero attached hydrogens (tertiary/aromatic N) is 1. The molecule has 1 amide bonds. The third-order valence-electron chi connectivity index (χ3n) is 5.10. The third kappa shape index (κ3) is 3.99. The number of benzene rings is 1. The van der Waals surface area contributed by atoms with Gasteiger partial charge in [0, 0.05) is 42.0 Å². The van der Waals surface area contributed by atoms with Crippen molar-refractivity contribution in [1.82, 2.24) is 10.3 Å². The van der Waals surface area contributed by atoms with E-state index in [0.717, 1.165) is 24.1 Å². The van der Waals surface area contributed by atoms with E-state index in [-0.39, 0.29) is 17.1 Å². The number of aromatic nitrogens is 1. The van der Waals surface area contributed by atoms with Gasteiger partial charge in [-0.05, 0) is 44.0 Å². The van der Waals surface area contributed by atoms with Crippen LogP contribution in [0.3, 0.4) is 0 Å². The maximum Gasteiger partial charge on any atom is 0.251 e. The molecule has 2 aromatic rings. The Hall–Kier alpha value is -2.53. The van der Waals surface area contributed by atoms with Crippen LogP contribution in [0.15, 0.2) is 42.6 Å². The second-order valence-corrected chi connectivity index (χ2v) is 7.03. The number of carbonyl (C=O) groups excluding carboxylic acids is 2. The summed E-state index contributed by atoms with van der Waals surface area (Å²) in [5.41, 5.74) is 3.00. The lowest BCUT2D eigenvalue weighted by atomic mass is 9.69. The highest BCUT2D eigenvalue weighted by atomic mass is 16.5. The molecule has 136 valence electrons. The topological polar surface area (TPSA) is 68.3 Å². The normalized spacial score (nSPS) is 15.2. The summed E-state index contributed by atoms with van der Waals surface area (Å²) in [4.78, 5) is 28.0. The van der Waals surface area contributed by atoms with Crippen molar-refractivity contribution in [3.05, 3.63) is 53.7 Å². The number of rotatable bonds is 7. The Morgan fingerprint density at radius 1 is 1.12 bits per heavy atom. The molecule has 0 saturated heterocycles. The Morgan fingerprint density at radius 2 is 1.81 bits per heavy atom. The number of Topliss-reactive ketones (excluding diaryl/α,β-unsaturated/α-hetero) is 1. The van der Waals surface area contributed by atoms with Gasteiger partial charge >= 0.3 is 0 Å². The molecular formula is C21H24N2O3. The molecule has 1 aliphatic rings. The summed E-state index contributed by atoms with van der Waals surface area (Å²) in [5, 5.41) is 3.03. The Balaban J connectivity index is 1.63. The fraction of sp³-hybridized carbons (Fsp3) is 0.381. The van der Waals surface area contributed by atoms with Crippen LogP contribution in [0, 0.1) is 5.41 Å². The first kappa shape index (κ1) is 18.3. The molecule has 3 rings (SSSR count). The Labute approximate surface area is 153 Å². The number of pyridine rings is 1. The molecule has 1 N–H and O–H groups in total. The smallest absolute Gasteiger partial charge is 0.251 e. The molecule has 0 bridgehead atoms. The molecule has 1 fully saturated rings. The van der Waals surface area contributed by atoms with Gasteiger partial charge in [0.15, 0.2) is 5.78 Å². The van der Waals surface area contributed by atoms with Crippen LogP contribution < -0.4 is 5.32 Å². The molecule has 1 heterocycles. The lowest BCUT2D eigenvalue weighted by molar-refractivity contribution is 0.0180. The Morgan fingerprint density at radius 3 is 2.31 bits per heavy atom. The summed E-state index contributed by atoms with van der Waals surface area (Å²) >= 11 is 0. The van der Waals surface area contributed by atoms with Crippen molar-refractivity contribution in [3.8, 4) is 11.3 Å². The standard InChI is InChI=1S/C21H24N2O3/c1-15(24)18-8-9-19(22-12-18)16-4-6-17(7-5-16)20(25)23-13-21(14-26-2)10-3-11-21/h4-9,12H,3,10-11,13-14H2,1-2H3,(H,23,25). The summed E-state index contributed by atoms with van der Waals surface area (Å²) in [6.45, 7) is 2.86. The zero-order valence-corrected chi connectivity index (χ0v) is 15.2. The van der Waals surface area contributed by atoms with Crippen molar-refractivity contribution in [1.29, 1.82) is 0 Å². The van der Waals surface area contributed by atoms with E-state index in [4.69, 9.17) is 4.74 Å². The fourth-order valence-electron chi connectivity index (χ4n) is 3.29. The minimum atomic E-state index is -0.0705. The van der Waals surface area contributed by atoms with E-state index in [0.29, 0.717) is 24.3 Å². The van der Waals surface area contributed by atoms with Gasteiger partial charge in [-0.3, -0.25) is 14.6 Å². The predicted molar refractivity (Wildman–Crippen MR) is 100 cm³/mol. The summed E-state index contributed by atoms with van der Waals surface area (Å²) in [5.74, 6) is -0.0763. The first-order valence-electron chi connectivity index (χ1n) is 8.88. The quantitative estimate of drug-likeness (QED) is 0.775. The van der Waals surface area contributed by atoms with Crippen LogP contribution in [0.5, 0.6) is 0 Å². The fourth-order valence-corrected chi connectivity index (χ4v) is 3.29. The van der Waals surface area contributed by atoms with E-state index in [9.17, 15) is 9.59 Å². The van der Waals surface area contributed by atoms with E-state index >= 15 is 0 Å². The van der Waals surface area contributed by atoms with Gasteiger partial charge in [-0.1, -0.05) is 18.6 Å². The van der Waals surface area contributed by atoms with Gasteiger partial charge in [0.05, 0.1) is 12.3 Å². The maximum absolute atomic E-state index is 12.4. The molecule has 1 aromatic heterocycles. The largest absolute Gasteiger partial charge is 0.384 e. The molecule has 0 unspecified atom stereocenters. The van der Waals surface area contributed by atoms with Crippen LogP contribution in [-0.4, -0.2) is 36.9 Å².